The zero-order chi connectivity index (χ0) is 15.9. The maximum Gasteiger partial charge on any atom is 0.230 e. The van der Waals surface area contributed by atoms with Crippen molar-refractivity contribution in [2.24, 2.45) is 0 Å². The summed E-state index contributed by atoms with van der Waals surface area (Å²) >= 11 is 2.66. The molecular weight excluding hydrogens is 323 g/mol. The molecule has 1 aromatic carbocycles. The fourth-order valence-electron chi connectivity index (χ4n) is 1.55. The normalized spacial score (nSPS) is 12.0. The highest BCUT2D eigenvalue weighted by molar-refractivity contribution is 8.01. The molecule has 0 radical (unpaired) electrons. The van der Waals surface area contributed by atoms with Crippen LogP contribution < -0.4 is 10.6 Å². The van der Waals surface area contributed by atoms with Crippen molar-refractivity contribution in [2.75, 3.05) is 11.1 Å². The van der Waals surface area contributed by atoms with Crippen LogP contribution in [0.1, 0.15) is 20.3 Å². The van der Waals surface area contributed by atoms with Crippen LogP contribution in [0.5, 0.6) is 0 Å². The summed E-state index contributed by atoms with van der Waals surface area (Å²) in [6.45, 7) is 3.99. The fraction of sp³-hybridized carbons (Fsp3) is 0.357. The van der Waals surface area contributed by atoms with E-state index in [2.05, 4.69) is 20.8 Å². The first-order chi connectivity index (χ1) is 10.6. The third-order valence-corrected chi connectivity index (χ3v) is 4.80. The van der Waals surface area contributed by atoms with E-state index < -0.39 is 0 Å². The molecule has 0 saturated heterocycles. The number of hydrogen-bond acceptors (Lipinski definition) is 6. The van der Waals surface area contributed by atoms with E-state index in [0.29, 0.717) is 20.9 Å². The van der Waals surface area contributed by atoms with Crippen LogP contribution in [0, 0.1) is 5.82 Å². The molecule has 0 saturated carbocycles. The van der Waals surface area contributed by atoms with Gasteiger partial charge in [-0.3, -0.25) is 4.79 Å². The van der Waals surface area contributed by atoms with Gasteiger partial charge >= 0.3 is 0 Å². The van der Waals surface area contributed by atoms with Gasteiger partial charge in [-0.25, -0.2) is 4.39 Å². The fourth-order valence-corrected chi connectivity index (χ4v) is 3.14. The summed E-state index contributed by atoms with van der Waals surface area (Å²) in [7, 11) is 0. The third-order valence-electron chi connectivity index (χ3n) is 2.83. The van der Waals surface area contributed by atoms with Crippen LogP contribution in [0.4, 0.5) is 15.2 Å². The number of rotatable bonds is 7. The monoisotopic (exact) mass is 340 g/mol. The van der Waals surface area contributed by atoms with Crippen molar-refractivity contribution >= 4 is 39.8 Å². The van der Waals surface area contributed by atoms with Crippen LogP contribution in [0.15, 0.2) is 28.6 Å². The maximum absolute atomic E-state index is 13.1. The Kier molecular flexibility index (Phi) is 6.14. The minimum Gasteiger partial charge on any atom is -0.353 e. The molecular formula is C14H17FN4OS2. The Labute approximate surface area is 136 Å². The van der Waals surface area contributed by atoms with Crippen LogP contribution in [0.25, 0.3) is 0 Å². The topological polar surface area (TPSA) is 66.9 Å². The molecule has 0 unspecified atom stereocenters. The third kappa shape index (κ3) is 5.27. The predicted octanol–water partition coefficient (Wildman–Crippen LogP) is 3.43. The number of nitrogens with zero attached hydrogens (tertiary/aromatic N) is 2. The first-order valence-corrected chi connectivity index (χ1v) is 8.65. The summed E-state index contributed by atoms with van der Waals surface area (Å²) in [6.07, 6.45) is 0.900. The zero-order valence-electron chi connectivity index (χ0n) is 12.3. The molecule has 0 aliphatic heterocycles. The van der Waals surface area contributed by atoms with E-state index in [1.54, 1.807) is 12.1 Å². The Morgan fingerprint density at radius 2 is 2.27 bits per heavy atom. The van der Waals surface area contributed by atoms with E-state index in [4.69, 9.17) is 0 Å². The van der Waals surface area contributed by atoms with Gasteiger partial charge in [0.05, 0.1) is 5.75 Å². The number of halogens is 1. The Hall–Kier alpha value is -1.67. The second kappa shape index (κ2) is 8.09. The van der Waals surface area contributed by atoms with Gasteiger partial charge in [0, 0.05) is 11.7 Å². The molecule has 0 aliphatic carbocycles. The van der Waals surface area contributed by atoms with Crippen LogP contribution >= 0.6 is 23.1 Å². The second-order valence-electron chi connectivity index (χ2n) is 4.67. The van der Waals surface area contributed by atoms with Gasteiger partial charge in [0.2, 0.25) is 11.0 Å². The van der Waals surface area contributed by atoms with E-state index in [0.717, 1.165) is 6.42 Å². The van der Waals surface area contributed by atoms with Gasteiger partial charge in [0.1, 0.15) is 5.82 Å². The van der Waals surface area contributed by atoms with Gasteiger partial charge < -0.3 is 10.6 Å². The lowest BCUT2D eigenvalue weighted by atomic mass is 10.3. The minimum atomic E-state index is -0.314. The van der Waals surface area contributed by atoms with E-state index in [9.17, 15) is 9.18 Å². The first-order valence-electron chi connectivity index (χ1n) is 6.85. The van der Waals surface area contributed by atoms with Gasteiger partial charge in [-0.05, 0) is 31.5 Å². The zero-order valence-corrected chi connectivity index (χ0v) is 13.9. The molecule has 1 amide bonds. The molecule has 2 aromatic rings. The molecule has 1 aromatic heterocycles. The van der Waals surface area contributed by atoms with E-state index in [1.807, 2.05) is 13.8 Å². The Morgan fingerprint density at radius 3 is 3.00 bits per heavy atom. The largest absolute Gasteiger partial charge is 0.353 e. The van der Waals surface area contributed by atoms with Crippen molar-refractivity contribution in [2.45, 2.75) is 30.6 Å². The minimum absolute atomic E-state index is 0.0193. The van der Waals surface area contributed by atoms with E-state index in [1.165, 1.54) is 35.2 Å². The number of amides is 1. The SMILES string of the molecule is CC[C@H](C)NC(=O)CSc1nnc(Nc2cccc(F)c2)s1. The van der Waals surface area contributed by atoms with Crippen LogP contribution in [0.3, 0.4) is 0 Å². The first kappa shape index (κ1) is 16.7. The molecule has 0 fully saturated rings. The summed E-state index contributed by atoms with van der Waals surface area (Å²) in [4.78, 5) is 11.7. The average Bonchev–Trinajstić information content (AvgIpc) is 2.92. The smallest absolute Gasteiger partial charge is 0.230 e. The highest BCUT2D eigenvalue weighted by Gasteiger charge is 2.10. The van der Waals surface area contributed by atoms with E-state index >= 15 is 0 Å². The summed E-state index contributed by atoms with van der Waals surface area (Å²) in [5, 5.41) is 14.4. The molecule has 0 spiro atoms. The number of nitrogens with one attached hydrogen (secondary N) is 2. The number of aromatic nitrogens is 2. The second-order valence-corrected chi connectivity index (χ2v) is 6.87. The van der Waals surface area contributed by atoms with Gasteiger partial charge in [0.15, 0.2) is 4.34 Å². The number of anilines is 2. The molecule has 1 heterocycles. The quantitative estimate of drug-likeness (QED) is 0.756. The molecule has 0 bridgehead atoms. The van der Waals surface area contributed by atoms with E-state index in [-0.39, 0.29) is 17.8 Å². The number of carbonyl (C=O) groups excluding carboxylic acids is 1. The highest BCUT2D eigenvalue weighted by Crippen LogP contribution is 2.27. The van der Waals surface area contributed by atoms with Crippen LogP contribution in [0.2, 0.25) is 0 Å². The number of benzene rings is 1. The van der Waals surface area contributed by atoms with Crippen molar-refractivity contribution in [1.82, 2.24) is 15.5 Å². The molecule has 8 heteroatoms. The lowest BCUT2D eigenvalue weighted by molar-refractivity contribution is -0.119. The molecule has 5 nitrogen and oxygen atoms in total. The molecule has 1 atom stereocenters. The lowest BCUT2D eigenvalue weighted by Crippen LogP contribution is -2.33. The van der Waals surface area contributed by atoms with Gasteiger partial charge in [-0.1, -0.05) is 36.1 Å². The standard InChI is InChI=1S/C14H17FN4OS2/c1-3-9(2)16-12(20)8-21-14-19-18-13(22-14)17-11-6-4-5-10(15)7-11/h4-7,9H,3,8H2,1-2H3,(H,16,20)(H,17,18)/t9-/m0/s1. The Morgan fingerprint density at radius 1 is 1.45 bits per heavy atom. The summed E-state index contributed by atoms with van der Waals surface area (Å²) in [5.41, 5.74) is 0.613. The molecule has 2 rings (SSSR count). The predicted molar refractivity (Wildman–Crippen MR) is 88.2 cm³/mol. The molecule has 22 heavy (non-hydrogen) atoms. The van der Waals surface area contributed by atoms with Crippen molar-refractivity contribution in [1.29, 1.82) is 0 Å². The lowest BCUT2D eigenvalue weighted by Gasteiger charge is -2.09. The highest BCUT2D eigenvalue weighted by atomic mass is 32.2. The summed E-state index contributed by atoms with van der Waals surface area (Å²) in [6, 6.07) is 6.30. The average molecular weight is 340 g/mol. The number of hydrogen-bond donors (Lipinski definition) is 2. The maximum atomic E-state index is 13.1. The summed E-state index contributed by atoms with van der Waals surface area (Å²) in [5.74, 6) is -0.0288. The molecule has 0 aliphatic rings. The number of carbonyl (C=O) groups is 1. The van der Waals surface area contributed by atoms with Crippen molar-refractivity contribution in [3.05, 3.63) is 30.1 Å². The van der Waals surface area contributed by atoms with Gasteiger partial charge in [0.25, 0.3) is 0 Å². The van der Waals surface area contributed by atoms with Crippen molar-refractivity contribution in [3.8, 4) is 0 Å². The van der Waals surface area contributed by atoms with Crippen molar-refractivity contribution in [3.63, 3.8) is 0 Å². The molecule has 118 valence electrons. The van der Waals surface area contributed by atoms with Gasteiger partial charge in [-0.15, -0.1) is 10.2 Å². The van der Waals surface area contributed by atoms with Gasteiger partial charge in [-0.2, -0.15) is 0 Å². The number of thioether (sulfide) groups is 1. The van der Waals surface area contributed by atoms with Crippen LogP contribution in [-0.4, -0.2) is 27.9 Å². The Balaban J connectivity index is 1.85. The van der Waals surface area contributed by atoms with Crippen molar-refractivity contribution < 1.29 is 9.18 Å². The van der Waals surface area contributed by atoms with Crippen LogP contribution in [-0.2, 0) is 4.79 Å². The summed E-state index contributed by atoms with van der Waals surface area (Å²) < 4.78 is 13.8. The molecule has 2 N–H and O–H groups in total. The Bertz CT molecular complexity index is 635.